The third-order valence-electron chi connectivity index (χ3n) is 5.32. The number of carbonyl (C=O) groups is 1. The van der Waals surface area contributed by atoms with E-state index in [1.54, 1.807) is 24.4 Å². The average molecular weight is 396 g/mol. The highest BCUT2D eigenvalue weighted by molar-refractivity contribution is 6.30. The van der Waals surface area contributed by atoms with Gasteiger partial charge in [-0.3, -0.25) is 14.7 Å². The lowest BCUT2D eigenvalue weighted by molar-refractivity contribution is 0.0767. The molecule has 0 radical (unpaired) electrons. The van der Waals surface area contributed by atoms with Gasteiger partial charge in [-0.25, -0.2) is 4.39 Å². The highest BCUT2D eigenvalue weighted by atomic mass is 35.5. The molecule has 4 rings (SSSR count). The molecule has 138 valence electrons. The molecule has 2 aliphatic heterocycles. The molecule has 0 spiro atoms. The van der Waals surface area contributed by atoms with Crippen molar-refractivity contribution in [1.29, 1.82) is 0 Å². The number of halogens is 3. The Kier molecular flexibility index (Phi) is 5.51. The van der Waals surface area contributed by atoms with Crippen LogP contribution in [0.1, 0.15) is 22.0 Å². The Labute approximate surface area is 163 Å². The number of amides is 1. The monoisotopic (exact) mass is 395 g/mol. The van der Waals surface area contributed by atoms with Crippen LogP contribution in [0.25, 0.3) is 0 Å². The number of fused-ring (bicyclic) bond motifs is 1. The molecule has 26 heavy (non-hydrogen) atoms. The molecule has 0 unspecified atom stereocenters. The first kappa shape index (κ1) is 19.1. The molecule has 1 aromatic heterocycles. The summed E-state index contributed by atoms with van der Waals surface area (Å²) in [5.74, 6) is 0.451. The zero-order valence-corrected chi connectivity index (χ0v) is 15.9. The van der Waals surface area contributed by atoms with Crippen molar-refractivity contribution in [2.75, 3.05) is 26.7 Å². The van der Waals surface area contributed by atoms with Crippen molar-refractivity contribution in [2.24, 2.45) is 11.8 Å². The summed E-state index contributed by atoms with van der Waals surface area (Å²) in [4.78, 5) is 20.9. The number of pyridine rings is 1. The maximum Gasteiger partial charge on any atom is 0.255 e. The maximum absolute atomic E-state index is 13.7. The topological polar surface area (TPSA) is 36.4 Å². The van der Waals surface area contributed by atoms with Crippen LogP contribution in [0.5, 0.6) is 0 Å². The van der Waals surface area contributed by atoms with Crippen LogP contribution >= 0.6 is 24.0 Å². The first-order valence-corrected chi connectivity index (χ1v) is 8.76. The lowest BCUT2D eigenvalue weighted by atomic mass is 9.89. The normalized spacial score (nSPS) is 25.0. The third-order valence-corrected chi connectivity index (χ3v) is 5.53. The van der Waals surface area contributed by atoms with E-state index in [9.17, 15) is 9.18 Å². The van der Waals surface area contributed by atoms with Gasteiger partial charge in [0.15, 0.2) is 0 Å². The molecule has 2 aliphatic rings. The van der Waals surface area contributed by atoms with Crippen LogP contribution in [0.2, 0.25) is 5.02 Å². The first-order valence-electron chi connectivity index (χ1n) is 8.38. The lowest BCUT2D eigenvalue weighted by Crippen LogP contribution is -2.33. The van der Waals surface area contributed by atoms with Crippen molar-refractivity contribution < 1.29 is 9.18 Å². The zero-order valence-electron chi connectivity index (χ0n) is 14.3. The number of benzene rings is 1. The Morgan fingerprint density at radius 1 is 1.23 bits per heavy atom. The van der Waals surface area contributed by atoms with Gasteiger partial charge in [0, 0.05) is 44.0 Å². The molecule has 3 atom stereocenters. The molecule has 0 aliphatic carbocycles. The summed E-state index contributed by atoms with van der Waals surface area (Å²) >= 11 is 5.95. The summed E-state index contributed by atoms with van der Waals surface area (Å²) in [7, 11) is 2.07. The van der Waals surface area contributed by atoms with Crippen LogP contribution < -0.4 is 0 Å². The van der Waals surface area contributed by atoms with Crippen molar-refractivity contribution in [1.82, 2.24) is 14.8 Å². The second kappa shape index (κ2) is 7.51. The van der Waals surface area contributed by atoms with Gasteiger partial charge >= 0.3 is 0 Å². The quantitative estimate of drug-likeness (QED) is 0.777. The van der Waals surface area contributed by atoms with Gasteiger partial charge in [-0.1, -0.05) is 23.7 Å². The van der Waals surface area contributed by atoms with Crippen LogP contribution in [0.3, 0.4) is 0 Å². The predicted octanol–water partition coefficient (Wildman–Crippen LogP) is 3.67. The Balaban J connectivity index is 0.00000196. The van der Waals surface area contributed by atoms with Gasteiger partial charge in [-0.2, -0.15) is 0 Å². The van der Waals surface area contributed by atoms with E-state index < -0.39 is 0 Å². The number of hydrogen-bond donors (Lipinski definition) is 0. The van der Waals surface area contributed by atoms with E-state index in [2.05, 4.69) is 16.9 Å². The van der Waals surface area contributed by atoms with Crippen LogP contribution in [-0.2, 0) is 0 Å². The highest BCUT2D eigenvalue weighted by Gasteiger charge is 2.47. The van der Waals surface area contributed by atoms with Gasteiger partial charge in [-0.05, 0) is 36.7 Å². The molecule has 3 heterocycles. The van der Waals surface area contributed by atoms with Gasteiger partial charge in [0.25, 0.3) is 5.91 Å². The predicted molar refractivity (Wildman–Crippen MR) is 101 cm³/mol. The molecular weight excluding hydrogens is 376 g/mol. The van der Waals surface area contributed by atoms with E-state index in [1.165, 1.54) is 12.3 Å². The van der Waals surface area contributed by atoms with E-state index >= 15 is 0 Å². The van der Waals surface area contributed by atoms with Crippen molar-refractivity contribution in [3.63, 3.8) is 0 Å². The average Bonchev–Trinajstić information content (AvgIpc) is 3.10. The van der Waals surface area contributed by atoms with Crippen molar-refractivity contribution in [2.45, 2.75) is 6.04 Å². The van der Waals surface area contributed by atoms with Gasteiger partial charge < -0.3 is 4.90 Å². The van der Waals surface area contributed by atoms with Crippen molar-refractivity contribution in [3.05, 3.63) is 64.7 Å². The number of carbonyl (C=O) groups excluding carboxylic acids is 1. The van der Waals surface area contributed by atoms with Gasteiger partial charge in [0.1, 0.15) is 5.82 Å². The molecule has 1 aromatic carbocycles. The van der Waals surface area contributed by atoms with Gasteiger partial charge in [0.2, 0.25) is 0 Å². The Morgan fingerprint density at radius 2 is 2.04 bits per heavy atom. The maximum atomic E-state index is 13.7. The Morgan fingerprint density at radius 3 is 2.77 bits per heavy atom. The highest BCUT2D eigenvalue weighted by Crippen LogP contribution is 2.44. The first-order chi connectivity index (χ1) is 12.0. The Bertz CT molecular complexity index is 819. The molecule has 0 N–H and O–H groups in total. The lowest BCUT2D eigenvalue weighted by Gasteiger charge is -2.27. The third kappa shape index (κ3) is 3.43. The number of hydrogen-bond acceptors (Lipinski definition) is 3. The van der Waals surface area contributed by atoms with E-state index in [1.807, 2.05) is 11.0 Å². The van der Waals surface area contributed by atoms with Gasteiger partial charge in [-0.15, -0.1) is 12.4 Å². The SMILES string of the molecule is CN1C[C@H]2CN(C(=O)c3cncc(Cl)c3)C[C@H]2[C@@H]1c1cccc(F)c1.Cl. The number of aromatic nitrogens is 1. The second-order valence-corrected chi connectivity index (χ2v) is 7.40. The van der Waals surface area contributed by atoms with Crippen LogP contribution in [0.4, 0.5) is 4.39 Å². The van der Waals surface area contributed by atoms with E-state index in [4.69, 9.17) is 11.6 Å². The van der Waals surface area contributed by atoms with Gasteiger partial charge in [0.05, 0.1) is 10.6 Å². The van der Waals surface area contributed by atoms with E-state index in [-0.39, 0.29) is 30.2 Å². The Hall–Kier alpha value is -1.69. The summed E-state index contributed by atoms with van der Waals surface area (Å²) in [6.45, 7) is 2.29. The molecule has 2 fully saturated rings. The molecule has 2 aromatic rings. The summed E-state index contributed by atoms with van der Waals surface area (Å²) in [5.41, 5.74) is 1.50. The van der Waals surface area contributed by atoms with Crippen molar-refractivity contribution in [3.8, 4) is 0 Å². The number of likely N-dealkylation sites (tertiary alicyclic amines) is 2. The molecular formula is C19H20Cl2FN3O. The fraction of sp³-hybridized carbons (Fsp3) is 0.368. The minimum Gasteiger partial charge on any atom is -0.338 e. The van der Waals surface area contributed by atoms with E-state index in [0.29, 0.717) is 35.5 Å². The fourth-order valence-electron chi connectivity index (χ4n) is 4.33. The number of rotatable bonds is 2. The van der Waals surface area contributed by atoms with E-state index in [0.717, 1.165) is 12.1 Å². The summed E-state index contributed by atoms with van der Waals surface area (Å²) in [6.07, 6.45) is 3.07. The number of nitrogens with zero attached hydrogens (tertiary/aromatic N) is 3. The smallest absolute Gasteiger partial charge is 0.255 e. The minimum atomic E-state index is -0.217. The second-order valence-electron chi connectivity index (χ2n) is 6.97. The summed E-state index contributed by atoms with van der Waals surface area (Å²) in [5, 5.41) is 0.461. The van der Waals surface area contributed by atoms with Crippen LogP contribution in [0, 0.1) is 17.7 Å². The minimum absolute atomic E-state index is 0. The van der Waals surface area contributed by atoms with Crippen molar-refractivity contribution >= 4 is 29.9 Å². The summed E-state index contributed by atoms with van der Waals surface area (Å²) in [6, 6.07) is 8.58. The standard InChI is InChI=1S/C19H19ClFN3O.ClH/c1-23-9-14-10-24(19(25)13-5-15(20)8-22-7-13)11-17(14)18(23)12-3-2-4-16(21)6-12;/h2-8,14,17-18H,9-11H2,1H3;1H/t14-,17+,18-;/m0./s1. The fourth-order valence-corrected chi connectivity index (χ4v) is 4.50. The molecule has 1 amide bonds. The van der Waals surface area contributed by atoms with Crippen LogP contribution in [0.15, 0.2) is 42.7 Å². The summed E-state index contributed by atoms with van der Waals surface area (Å²) < 4.78 is 13.7. The molecule has 7 heteroatoms. The largest absolute Gasteiger partial charge is 0.338 e. The molecule has 2 saturated heterocycles. The molecule has 0 saturated carbocycles. The molecule has 4 nitrogen and oxygen atoms in total. The molecule has 0 bridgehead atoms. The zero-order chi connectivity index (χ0) is 17.6. The van der Waals surface area contributed by atoms with Crippen LogP contribution in [-0.4, -0.2) is 47.4 Å².